The zero-order valence-electron chi connectivity index (χ0n) is 9.00. The van der Waals surface area contributed by atoms with Gasteiger partial charge in [0.2, 0.25) is 5.91 Å². The van der Waals surface area contributed by atoms with Gasteiger partial charge >= 0.3 is 0 Å². The van der Waals surface area contributed by atoms with E-state index >= 15 is 0 Å². The molecule has 0 spiro atoms. The topological polar surface area (TPSA) is 108 Å². The molecular weight excluding hydrogens is 218 g/mol. The van der Waals surface area contributed by atoms with Gasteiger partial charge in [-0.05, 0) is 0 Å². The van der Waals surface area contributed by atoms with Gasteiger partial charge in [0.25, 0.3) is 0 Å². The highest BCUT2D eigenvalue weighted by Crippen LogP contribution is 2.22. The number of ether oxygens (including phenoxy) is 1. The lowest BCUT2D eigenvalue weighted by atomic mass is 9.96. The monoisotopic (exact) mass is 235 g/mol. The fraction of sp³-hybridized carbons (Fsp3) is 0.889. The van der Waals surface area contributed by atoms with Gasteiger partial charge in [0.05, 0.1) is 19.3 Å². The van der Waals surface area contributed by atoms with E-state index in [4.69, 9.17) is 20.2 Å². The van der Waals surface area contributed by atoms with Crippen LogP contribution in [0.4, 0.5) is 0 Å². The number of rotatable bonds is 4. The number of aliphatic hydroxyl groups excluding tert-OH is 2. The van der Waals surface area contributed by atoms with Crippen LogP contribution in [-0.2, 0) is 14.4 Å². The summed E-state index contributed by atoms with van der Waals surface area (Å²) in [5, 5.41) is 29.3. The second-order valence-corrected chi connectivity index (χ2v) is 3.76. The number of amides is 1. The van der Waals surface area contributed by atoms with Crippen LogP contribution in [0, 0.1) is 0 Å². The maximum absolute atomic E-state index is 10.9. The van der Waals surface area contributed by atoms with Gasteiger partial charge in [-0.1, -0.05) is 0 Å². The summed E-state index contributed by atoms with van der Waals surface area (Å²) >= 11 is 0. The molecule has 1 fully saturated rings. The number of nitrogens with one attached hydrogen (secondary N) is 1. The maximum Gasteiger partial charge on any atom is 0.217 e. The van der Waals surface area contributed by atoms with Gasteiger partial charge in [0.15, 0.2) is 0 Å². The standard InChI is InChI=1S/C9H17NO6/c1-5(13)10-6-2-7(16-14)9(4-12)15-8(6)3-11/h6-9,11-12,14H,2-4H2,1H3,(H,10,13). The quantitative estimate of drug-likeness (QED) is 0.348. The smallest absolute Gasteiger partial charge is 0.217 e. The van der Waals surface area contributed by atoms with Gasteiger partial charge in [0, 0.05) is 13.3 Å². The van der Waals surface area contributed by atoms with Crippen molar-refractivity contribution in [3.05, 3.63) is 0 Å². The summed E-state index contributed by atoms with van der Waals surface area (Å²) in [4.78, 5) is 15.1. The Bertz CT molecular complexity index is 236. The molecule has 4 unspecified atom stereocenters. The van der Waals surface area contributed by atoms with Crippen molar-refractivity contribution in [3.63, 3.8) is 0 Å². The molecule has 1 heterocycles. The van der Waals surface area contributed by atoms with Crippen molar-refractivity contribution >= 4 is 5.91 Å². The molecule has 0 radical (unpaired) electrons. The minimum Gasteiger partial charge on any atom is -0.394 e. The van der Waals surface area contributed by atoms with Gasteiger partial charge in [0.1, 0.15) is 18.3 Å². The highest BCUT2D eigenvalue weighted by molar-refractivity contribution is 5.73. The molecule has 4 atom stereocenters. The van der Waals surface area contributed by atoms with Gasteiger partial charge in [-0.3, -0.25) is 10.1 Å². The molecule has 1 rings (SSSR count). The van der Waals surface area contributed by atoms with E-state index in [2.05, 4.69) is 10.2 Å². The van der Waals surface area contributed by atoms with E-state index in [0.29, 0.717) is 0 Å². The summed E-state index contributed by atoms with van der Waals surface area (Å²) in [7, 11) is 0. The Kier molecular flexibility index (Phi) is 5.10. The minimum absolute atomic E-state index is 0.258. The van der Waals surface area contributed by atoms with E-state index in [1.54, 1.807) is 0 Å². The Morgan fingerprint density at radius 1 is 1.44 bits per heavy atom. The summed E-state index contributed by atoms with van der Waals surface area (Å²) in [6.45, 7) is 0.746. The molecule has 1 saturated heterocycles. The van der Waals surface area contributed by atoms with Crippen molar-refractivity contribution in [3.8, 4) is 0 Å². The number of hydrogen-bond acceptors (Lipinski definition) is 6. The Morgan fingerprint density at radius 2 is 2.06 bits per heavy atom. The molecular formula is C9H17NO6. The predicted molar refractivity (Wildman–Crippen MR) is 52.6 cm³/mol. The zero-order valence-corrected chi connectivity index (χ0v) is 9.00. The lowest BCUT2D eigenvalue weighted by molar-refractivity contribution is -0.321. The summed E-state index contributed by atoms with van der Waals surface area (Å²) in [5.41, 5.74) is 0. The lowest BCUT2D eigenvalue weighted by Crippen LogP contribution is -2.56. The summed E-state index contributed by atoms with van der Waals surface area (Å²) in [6, 6.07) is -0.442. The minimum atomic E-state index is -0.718. The summed E-state index contributed by atoms with van der Waals surface area (Å²) < 4.78 is 5.30. The summed E-state index contributed by atoms with van der Waals surface area (Å²) in [5.74, 6) is -0.258. The van der Waals surface area contributed by atoms with E-state index in [-0.39, 0.29) is 25.5 Å². The number of hydrogen-bond donors (Lipinski definition) is 4. The van der Waals surface area contributed by atoms with Crippen molar-refractivity contribution in [2.75, 3.05) is 13.2 Å². The lowest BCUT2D eigenvalue weighted by Gasteiger charge is -2.38. The molecule has 94 valence electrons. The largest absolute Gasteiger partial charge is 0.394 e. The van der Waals surface area contributed by atoms with Gasteiger partial charge < -0.3 is 20.3 Å². The van der Waals surface area contributed by atoms with Crippen LogP contribution in [0.2, 0.25) is 0 Å². The second kappa shape index (κ2) is 6.12. The Hall–Kier alpha value is -0.730. The van der Waals surface area contributed by atoms with Gasteiger partial charge in [-0.25, -0.2) is 4.89 Å². The second-order valence-electron chi connectivity index (χ2n) is 3.76. The molecule has 0 bridgehead atoms. The van der Waals surface area contributed by atoms with Crippen LogP contribution in [0.15, 0.2) is 0 Å². The zero-order chi connectivity index (χ0) is 12.1. The van der Waals surface area contributed by atoms with E-state index in [1.165, 1.54) is 6.92 Å². The number of carbonyl (C=O) groups excluding carboxylic acids is 1. The Labute approximate surface area is 92.9 Å². The molecule has 0 aliphatic carbocycles. The highest BCUT2D eigenvalue weighted by Gasteiger charge is 2.38. The predicted octanol–water partition coefficient (Wildman–Crippen LogP) is -1.51. The van der Waals surface area contributed by atoms with Gasteiger partial charge in [-0.15, -0.1) is 0 Å². The average molecular weight is 235 g/mol. The molecule has 1 aliphatic heterocycles. The number of carbonyl (C=O) groups is 1. The van der Waals surface area contributed by atoms with E-state index in [0.717, 1.165) is 0 Å². The summed E-state index contributed by atoms with van der Waals surface area (Å²) in [6.07, 6.45) is -1.75. The first kappa shape index (κ1) is 13.3. The first-order valence-electron chi connectivity index (χ1n) is 5.06. The van der Waals surface area contributed by atoms with Crippen LogP contribution >= 0.6 is 0 Å². The van der Waals surface area contributed by atoms with E-state index < -0.39 is 24.4 Å². The SMILES string of the molecule is CC(=O)NC1CC(OO)C(CO)OC1CO. The Morgan fingerprint density at radius 3 is 2.50 bits per heavy atom. The molecule has 0 aromatic rings. The average Bonchev–Trinajstić information content (AvgIpc) is 2.27. The first-order chi connectivity index (χ1) is 7.62. The van der Waals surface area contributed by atoms with Crippen LogP contribution in [0.1, 0.15) is 13.3 Å². The third-order valence-corrected chi connectivity index (χ3v) is 2.58. The van der Waals surface area contributed by atoms with Crippen molar-refractivity contribution in [1.82, 2.24) is 5.32 Å². The van der Waals surface area contributed by atoms with Crippen LogP contribution in [-0.4, -0.2) is 58.9 Å². The van der Waals surface area contributed by atoms with Crippen LogP contribution in [0.5, 0.6) is 0 Å². The third kappa shape index (κ3) is 3.13. The maximum atomic E-state index is 10.9. The van der Waals surface area contributed by atoms with Crippen LogP contribution in [0.25, 0.3) is 0 Å². The van der Waals surface area contributed by atoms with Crippen molar-refractivity contribution in [1.29, 1.82) is 0 Å². The number of aliphatic hydroxyl groups is 2. The molecule has 0 aromatic carbocycles. The molecule has 1 aliphatic rings. The molecule has 7 nitrogen and oxygen atoms in total. The van der Waals surface area contributed by atoms with Crippen LogP contribution < -0.4 is 5.32 Å². The fourth-order valence-electron chi connectivity index (χ4n) is 1.82. The normalized spacial score (nSPS) is 34.8. The van der Waals surface area contributed by atoms with Crippen molar-refractivity contribution < 1.29 is 29.9 Å². The van der Waals surface area contributed by atoms with Crippen LogP contribution in [0.3, 0.4) is 0 Å². The highest BCUT2D eigenvalue weighted by atomic mass is 17.1. The first-order valence-corrected chi connectivity index (χ1v) is 5.06. The van der Waals surface area contributed by atoms with Gasteiger partial charge in [-0.2, -0.15) is 0 Å². The van der Waals surface area contributed by atoms with E-state index in [1.807, 2.05) is 0 Å². The van der Waals surface area contributed by atoms with Crippen molar-refractivity contribution in [2.24, 2.45) is 0 Å². The molecule has 4 N–H and O–H groups in total. The molecule has 0 aromatic heterocycles. The van der Waals surface area contributed by atoms with Crippen molar-refractivity contribution in [2.45, 2.75) is 37.7 Å². The molecule has 0 saturated carbocycles. The third-order valence-electron chi connectivity index (χ3n) is 2.58. The molecule has 1 amide bonds. The Balaban J connectivity index is 2.66. The molecule has 7 heteroatoms. The van der Waals surface area contributed by atoms with E-state index in [9.17, 15) is 4.79 Å². The molecule has 16 heavy (non-hydrogen) atoms. The fourth-order valence-corrected chi connectivity index (χ4v) is 1.82.